The van der Waals surface area contributed by atoms with Crippen molar-refractivity contribution in [1.29, 1.82) is 0 Å². The molecule has 1 saturated heterocycles. The molecule has 1 aromatic carbocycles. The van der Waals surface area contributed by atoms with Gasteiger partial charge in [0.25, 0.3) is 5.91 Å². The lowest BCUT2D eigenvalue weighted by atomic mass is 10.1. The number of esters is 1. The van der Waals surface area contributed by atoms with E-state index in [9.17, 15) is 22.8 Å². The van der Waals surface area contributed by atoms with Gasteiger partial charge in [0, 0.05) is 13.1 Å². The highest BCUT2D eigenvalue weighted by Crippen LogP contribution is 2.26. The fourth-order valence-corrected chi connectivity index (χ4v) is 4.52. The average molecular weight is 411 g/mol. The monoisotopic (exact) mass is 411 g/mol. The van der Waals surface area contributed by atoms with E-state index in [1.54, 1.807) is 19.1 Å². The van der Waals surface area contributed by atoms with Crippen molar-refractivity contribution in [2.24, 2.45) is 0 Å². The number of hydrogen-bond acceptors (Lipinski definition) is 6. The largest absolute Gasteiger partial charge is 0.454 e. The zero-order valence-corrected chi connectivity index (χ0v) is 16.8. The van der Waals surface area contributed by atoms with Gasteiger partial charge in [-0.1, -0.05) is 17.7 Å². The molecule has 0 saturated carbocycles. The number of hydrogen-bond donors (Lipinski definition) is 2. The van der Waals surface area contributed by atoms with Crippen molar-refractivity contribution in [2.75, 3.05) is 19.7 Å². The summed E-state index contributed by atoms with van der Waals surface area (Å²) in [5.74, 6) is -1.59. The van der Waals surface area contributed by atoms with Gasteiger partial charge in [-0.2, -0.15) is 4.31 Å². The maximum atomic E-state index is 13.0. The lowest BCUT2D eigenvalue weighted by Gasteiger charge is -2.32. The number of urea groups is 1. The summed E-state index contributed by atoms with van der Waals surface area (Å²) < 4.78 is 32.0. The highest BCUT2D eigenvalue weighted by Gasteiger charge is 2.38. The highest BCUT2D eigenvalue weighted by atomic mass is 32.2. The fraction of sp³-hybridized carbons (Fsp3) is 0.500. The molecule has 10 heteroatoms. The van der Waals surface area contributed by atoms with E-state index in [1.807, 2.05) is 12.2 Å². The van der Waals surface area contributed by atoms with Crippen LogP contribution >= 0.6 is 0 Å². The Morgan fingerprint density at radius 3 is 2.50 bits per heavy atom. The molecular formula is C18H25N3O6S. The Hall–Kier alpha value is -2.46. The van der Waals surface area contributed by atoms with Crippen LogP contribution in [0.25, 0.3) is 0 Å². The van der Waals surface area contributed by atoms with Crippen molar-refractivity contribution in [3.05, 3.63) is 29.8 Å². The molecule has 0 aliphatic carbocycles. The Labute approximate surface area is 164 Å². The number of rotatable bonds is 6. The second-order valence-electron chi connectivity index (χ2n) is 6.46. The van der Waals surface area contributed by atoms with Gasteiger partial charge >= 0.3 is 12.0 Å². The molecule has 1 aliphatic heterocycles. The van der Waals surface area contributed by atoms with Gasteiger partial charge in [-0.3, -0.25) is 14.9 Å². The van der Waals surface area contributed by atoms with E-state index < -0.39 is 40.6 Å². The summed E-state index contributed by atoms with van der Waals surface area (Å²) >= 11 is 0. The quantitative estimate of drug-likeness (QED) is 0.672. The molecule has 2 rings (SSSR count). The minimum atomic E-state index is -3.87. The molecule has 1 aromatic rings. The first-order chi connectivity index (χ1) is 13.3. The molecule has 0 unspecified atom stereocenters. The number of amides is 3. The standard InChI is InChI=1S/C18H25N3O6S/c1-3-19-18(24)20-16(22)12-27-17(23)15-6-4-5-11-21(15)28(25,26)14-9-7-13(2)8-10-14/h7-10,15H,3-6,11-12H2,1-2H3,(H2,19,20,22,24)/t15-/m0/s1. The number of sulfonamides is 1. The minimum Gasteiger partial charge on any atom is -0.454 e. The Morgan fingerprint density at radius 2 is 1.86 bits per heavy atom. The van der Waals surface area contributed by atoms with Crippen LogP contribution in [-0.4, -0.2) is 56.4 Å². The Morgan fingerprint density at radius 1 is 1.18 bits per heavy atom. The topological polar surface area (TPSA) is 122 Å². The van der Waals surface area contributed by atoms with Gasteiger partial charge in [-0.05, 0) is 45.2 Å². The summed E-state index contributed by atoms with van der Waals surface area (Å²) in [6, 6.07) is 4.69. The van der Waals surface area contributed by atoms with E-state index >= 15 is 0 Å². The molecule has 3 amide bonds. The summed E-state index contributed by atoms with van der Waals surface area (Å²) in [5.41, 5.74) is 0.923. The SMILES string of the molecule is CCNC(=O)NC(=O)COC(=O)[C@@H]1CCCCN1S(=O)(=O)c1ccc(C)cc1. The van der Waals surface area contributed by atoms with Crippen LogP contribution in [0.5, 0.6) is 0 Å². The van der Waals surface area contributed by atoms with E-state index in [-0.39, 0.29) is 11.4 Å². The summed E-state index contributed by atoms with van der Waals surface area (Å²) in [4.78, 5) is 35.5. The van der Waals surface area contributed by atoms with Crippen LogP contribution in [0.4, 0.5) is 4.79 Å². The number of imide groups is 1. The van der Waals surface area contributed by atoms with Crippen molar-refractivity contribution < 1.29 is 27.5 Å². The molecule has 0 radical (unpaired) electrons. The number of ether oxygens (including phenoxy) is 1. The minimum absolute atomic E-state index is 0.103. The fourth-order valence-electron chi connectivity index (χ4n) is 2.87. The number of benzene rings is 1. The van der Waals surface area contributed by atoms with Crippen molar-refractivity contribution in [2.45, 2.75) is 44.0 Å². The molecule has 9 nitrogen and oxygen atoms in total. The van der Waals surface area contributed by atoms with Crippen molar-refractivity contribution in [3.63, 3.8) is 0 Å². The second kappa shape index (κ2) is 9.65. The number of carbonyl (C=O) groups is 3. The molecule has 1 fully saturated rings. The molecule has 1 aliphatic rings. The third kappa shape index (κ3) is 5.52. The lowest BCUT2D eigenvalue weighted by molar-refractivity contribution is -0.152. The van der Waals surface area contributed by atoms with Gasteiger partial charge < -0.3 is 10.1 Å². The van der Waals surface area contributed by atoms with Crippen LogP contribution in [0.2, 0.25) is 0 Å². The number of nitrogens with one attached hydrogen (secondary N) is 2. The first-order valence-electron chi connectivity index (χ1n) is 9.08. The van der Waals surface area contributed by atoms with E-state index in [1.165, 1.54) is 12.1 Å². The van der Waals surface area contributed by atoms with Crippen LogP contribution in [0.1, 0.15) is 31.7 Å². The van der Waals surface area contributed by atoms with Crippen LogP contribution < -0.4 is 10.6 Å². The summed E-state index contributed by atoms with van der Waals surface area (Å²) in [6.45, 7) is 3.41. The molecule has 2 N–H and O–H groups in total. The van der Waals surface area contributed by atoms with Gasteiger partial charge in [-0.25, -0.2) is 13.2 Å². The van der Waals surface area contributed by atoms with Crippen molar-refractivity contribution >= 4 is 27.9 Å². The second-order valence-corrected chi connectivity index (χ2v) is 8.35. The summed E-state index contributed by atoms with van der Waals surface area (Å²) in [7, 11) is -3.87. The third-order valence-electron chi connectivity index (χ3n) is 4.29. The van der Waals surface area contributed by atoms with E-state index in [2.05, 4.69) is 5.32 Å². The van der Waals surface area contributed by atoms with Gasteiger partial charge in [-0.15, -0.1) is 0 Å². The molecule has 0 spiro atoms. The smallest absolute Gasteiger partial charge is 0.324 e. The average Bonchev–Trinajstić information content (AvgIpc) is 2.66. The maximum Gasteiger partial charge on any atom is 0.324 e. The molecule has 154 valence electrons. The zero-order chi connectivity index (χ0) is 20.7. The predicted molar refractivity (Wildman–Crippen MR) is 101 cm³/mol. The van der Waals surface area contributed by atoms with Crippen LogP contribution in [0, 0.1) is 6.92 Å². The first-order valence-corrected chi connectivity index (χ1v) is 10.5. The van der Waals surface area contributed by atoms with Gasteiger partial charge in [0.1, 0.15) is 6.04 Å². The Balaban J connectivity index is 2.05. The molecule has 0 aromatic heterocycles. The summed E-state index contributed by atoms with van der Waals surface area (Å²) in [6.07, 6.45) is 1.61. The Kier molecular flexibility index (Phi) is 7.53. The molecule has 0 bridgehead atoms. The van der Waals surface area contributed by atoms with E-state index in [4.69, 9.17) is 4.74 Å². The molecule has 28 heavy (non-hydrogen) atoms. The third-order valence-corrected chi connectivity index (χ3v) is 6.21. The van der Waals surface area contributed by atoms with Crippen molar-refractivity contribution in [3.8, 4) is 0 Å². The normalized spacial score (nSPS) is 17.6. The van der Waals surface area contributed by atoms with Crippen molar-refractivity contribution in [1.82, 2.24) is 14.9 Å². The highest BCUT2D eigenvalue weighted by molar-refractivity contribution is 7.89. The van der Waals surface area contributed by atoms with E-state index in [0.29, 0.717) is 25.8 Å². The summed E-state index contributed by atoms with van der Waals surface area (Å²) in [5, 5.41) is 4.39. The maximum absolute atomic E-state index is 13.0. The number of piperidine rings is 1. The van der Waals surface area contributed by atoms with Crippen LogP contribution in [0.15, 0.2) is 29.2 Å². The lowest BCUT2D eigenvalue weighted by Crippen LogP contribution is -2.49. The first kappa shape index (κ1) is 21.8. The number of carbonyl (C=O) groups excluding carboxylic acids is 3. The van der Waals surface area contributed by atoms with E-state index in [0.717, 1.165) is 9.87 Å². The molecule has 1 heterocycles. The van der Waals surface area contributed by atoms with Crippen LogP contribution in [0.3, 0.4) is 0 Å². The Bertz CT molecular complexity index is 822. The zero-order valence-electron chi connectivity index (χ0n) is 15.9. The van der Waals surface area contributed by atoms with Crippen LogP contribution in [-0.2, 0) is 24.3 Å². The van der Waals surface area contributed by atoms with Gasteiger partial charge in [0.2, 0.25) is 10.0 Å². The molecule has 1 atom stereocenters. The van der Waals surface area contributed by atoms with Gasteiger partial charge in [0.05, 0.1) is 4.90 Å². The number of aryl methyl sites for hydroxylation is 1. The molecular weight excluding hydrogens is 386 g/mol. The number of nitrogens with zero attached hydrogens (tertiary/aromatic N) is 1. The van der Waals surface area contributed by atoms with Gasteiger partial charge in [0.15, 0.2) is 6.61 Å². The predicted octanol–water partition coefficient (Wildman–Crippen LogP) is 0.927.